The molecular weight excluding hydrogens is 276 g/mol. The third-order valence-electron chi connectivity index (χ3n) is 3.24. The first-order valence-electron chi connectivity index (χ1n) is 6.87. The summed E-state index contributed by atoms with van der Waals surface area (Å²) in [6, 6.07) is 18.6. The molecule has 0 aliphatic heterocycles. The fourth-order valence-corrected chi connectivity index (χ4v) is 3.20. The van der Waals surface area contributed by atoms with Crippen LogP contribution >= 0.6 is 11.3 Å². The summed E-state index contributed by atoms with van der Waals surface area (Å²) in [5.74, 6) is 0. The fraction of sp³-hybridized carbons (Fsp3) is 0.0556. The Morgan fingerprint density at radius 3 is 2.52 bits per heavy atom. The van der Waals surface area contributed by atoms with E-state index in [0.717, 1.165) is 5.69 Å². The van der Waals surface area contributed by atoms with E-state index in [2.05, 4.69) is 53.3 Å². The number of para-hydroxylation sites is 2. The normalized spacial score (nSPS) is 11.7. The molecule has 0 fully saturated rings. The van der Waals surface area contributed by atoms with Gasteiger partial charge in [-0.1, -0.05) is 47.7 Å². The van der Waals surface area contributed by atoms with Crippen LogP contribution in [-0.4, -0.2) is 0 Å². The Hall–Kier alpha value is -2.39. The second-order valence-electron chi connectivity index (χ2n) is 4.70. The molecule has 1 aromatic heterocycles. The molecule has 21 heavy (non-hydrogen) atoms. The molecule has 0 unspecified atom stereocenters. The summed E-state index contributed by atoms with van der Waals surface area (Å²) in [5, 5.41) is 4.47. The zero-order valence-corrected chi connectivity index (χ0v) is 12.7. The van der Waals surface area contributed by atoms with Gasteiger partial charge in [0.25, 0.3) is 5.01 Å². The van der Waals surface area contributed by atoms with Crippen molar-refractivity contribution in [2.45, 2.75) is 0 Å². The average molecular weight is 293 g/mol. The van der Waals surface area contributed by atoms with Crippen LogP contribution in [0, 0.1) is 0 Å². The van der Waals surface area contributed by atoms with Crippen molar-refractivity contribution in [3.05, 3.63) is 78.0 Å². The summed E-state index contributed by atoms with van der Waals surface area (Å²) in [7, 11) is 2.10. The minimum absolute atomic E-state index is 1.09. The smallest absolute Gasteiger partial charge is 0.262 e. The summed E-state index contributed by atoms with van der Waals surface area (Å²) in [6.07, 6.45) is 8.14. The molecule has 104 valence electrons. The summed E-state index contributed by atoms with van der Waals surface area (Å²) in [4.78, 5) is 0. The number of nitrogens with zero attached hydrogens (tertiary/aromatic N) is 1. The number of fused-ring (bicyclic) bond motifs is 1. The lowest BCUT2D eigenvalue weighted by atomic mass is 10.3. The Labute approximate surface area is 128 Å². The predicted molar refractivity (Wildman–Crippen MR) is 91.2 cm³/mol. The van der Waals surface area contributed by atoms with E-state index in [4.69, 9.17) is 0 Å². The van der Waals surface area contributed by atoms with Gasteiger partial charge in [-0.3, -0.25) is 0 Å². The third kappa shape index (κ3) is 3.20. The van der Waals surface area contributed by atoms with E-state index in [0.29, 0.717) is 0 Å². The van der Waals surface area contributed by atoms with Crippen LogP contribution < -0.4 is 9.88 Å². The molecule has 0 saturated carbocycles. The molecule has 3 rings (SSSR count). The zero-order chi connectivity index (χ0) is 14.5. The first-order valence-corrected chi connectivity index (χ1v) is 7.68. The van der Waals surface area contributed by atoms with Gasteiger partial charge in [-0.25, -0.2) is 0 Å². The Morgan fingerprint density at radius 1 is 0.952 bits per heavy atom. The van der Waals surface area contributed by atoms with Crippen molar-refractivity contribution in [2.75, 3.05) is 5.32 Å². The highest BCUT2D eigenvalue weighted by molar-refractivity contribution is 7.18. The number of rotatable bonds is 4. The molecule has 3 aromatic rings. The molecular formula is C18H17N2S+. The SMILES string of the molecule is C[n+]1c(C=CC=CNc2ccccc2)sc2ccccc21. The Balaban J connectivity index is 1.69. The minimum Gasteiger partial charge on any atom is -0.362 e. The van der Waals surface area contributed by atoms with Gasteiger partial charge in [-0.2, -0.15) is 4.57 Å². The molecule has 0 aliphatic rings. The minimum atomic E-state index is 1.09. The third-order valence-corrected chi connectivity index (χ3v) is 4.43. The van der Waals surface area contributed by atoms with Crippen molar-refractivity contribution in [3.63, 3.8) is 0 Å². The largest absolute Gasteiger partial charge is 0.362 e. The first-order chi connectivity index (χ1) is 10.3. The molecule has 0 radical (unpaired) electrons. The summed E-state index contributed by atoms with van der Waals surface area (Å²) < 4.78 is 3.53. The van der Waals surface area contributed by atoms with Crippen LogP contribution in [0.5, 0.6) is 0 Å². The molecule has 0 bridgehead atoms. The Kier molecular flexibility index (Phi) is 4.12. The van der Waals surface area contributed by atoms with Crippen molar-refractivity contribution < 1.29 is 4.57 Å². The standard InChI is InChI=1S/C18H16N2S/c1-20-16-11-5-6-12-17(16)21-18(20)13-7-8-14-19-15-9-3-2-4-10-15/h2-14H,1H3/p+1. The maximum atomic E-state index is 3.24. The summed E-state index contributed by atoms with van der Waals surface area (Å²) in [6.45, 7) is 0. The van der Waals surface area contributed by atoms with Crippen LogP contribution in [0.2, 0.25) is 0 Å². The molecule has 0 spiro atoms. The van der Waals surface area contributed by atoms with E-state index in [1.165, 1.54) is 15.2 Å². The van der Waals surface area contributed by atoms with E-state index in [1.807, 2.05) is 42.6 Å². The number of aryl methyl sites for hydroxylation is 1. The van der Waals surface area contributed by atoms with Crippen LogP contribution in [0.1, 0.15) is 5.01 Å². The summed E-state index contributed by atoms with van der Waals surface area (Å²) in [5.41, 5.74) is 2.36. The lowest BCUT2D eigenvalue weighted by Crippen LogP contribution is -2.28. The highest BCUT2D eigenvalue weighted by Gasteiger charge is 2.12. The van der Waals surface area contributed by atoms with Crippen LogP contribution in [0.25, 0.3) is 16.3 Å². The number of hydrogen-bond acceptors (Lipinski definition) is 2. The molecule has 2 nitrogen and oxygen atoms in total. The maximum absolute atomic E-state index is 3.24. The van der Waals surface area contributed by atoms with Crippen LogP contribution in [0.15, 0.2) is 72.9 Å². The molecule has 2 aromatic carbocycles. The van der Waals surface area contributed by atoms with Crippen LogP contribution in [0.3, 0.4) is 0 Å². The summed E-state index contributed by atoms with van der Waals surface area (Å²) >= 11 is 1.80. The van der Waals surface area contributed by atoms with Crippen LogP contribution in [0.4, 0.5) is 5.69 Å². The second kappa shape index (κ2) is 6.37. The van der Waals surface area contributed by atoms with Gasteiger partial charge in [0.2, 0.25) is 5.52 Å². The molecule has 0 amide bonds. The monoisotopic (exact) mass is 293 g/mol. The van der Waals surface area contributed by atoms with Crippen LogP contribution in [-0.2, 0) is 7.05 Å². The first kappa shape index (κ1) is 13.6. The fourth-order valence-electron chi connectivity index (χ4n) is 2.14. The quantitative estimate of drug-likeness (QED) is 0.558. The number of allylic oxidation sites excluding steroid dienone is 2. The lowest BCUT2D eigenvalue weighted by molar-refractivity contribution is -0.642. The average Bonchev–Trinajstić information content (AvgIpc) is 2.85. The van der Waals surface area contributed by atoms with Gasteiger partial charge < -0.3 is 5.32 Å². The van der Waals surface area contributed by atoms with E-state index in [1.54, 1.807) is 11.3 Å². The van der Waals surface area contributed by atoms with Gasteiger partial charge in [-0.05, 0) is 24.3 Å². The Bertz CT molecular complexity index is 785. The van der Waals surface area contributed by atoms with Crippen molar-refractivity contribution in [3.8, 4) is 0 Å². The molecule has 1 heterocycles. The van der Waals surface area contributed by atoms with Crippen molar-refractivity contribution in [1.29, 1.82) is 0 Å². The number of hydrogen-bond donors (Lipinski definition) is 1. The van der Waals surface area contributed by atoms with Crippen molar-refractivity contribution in [2.24, 2.45) is 7.05 Å². The molecule has 0 atom stereocenters. The van der Waals surface area contributed by atoms with Crippen molar-refractivity contribution >= 4 is 33.3 Å². The predicted octanol–water partition coefficient (Wildman–Crippen LogP) is 4.36. The Morgan fingerprint density at radius 2 is 1.71 bits per heavy atom. The van der Waals surface area contributed by atoms with E-state index < -0.39 is 0 Å². The molecule has 1 N–H and O–H groups in total. The molecule has 0 saturated heterocycles. The van der Waals surface area contributed by atoms with Gasteiger partial charge >= 0.3 is 0 Å². The molecule has 3 heteroatoms. The lowest BCUT2D eigenvalue weighted by Gasteiger charge is -1.97. The number of anilines is 1. The number of aromatic nitrogens is 1. The van der Waals surface area contributed by atoms with Gasteiger partial charge in [0, 0.05) is 24.0 Å². The van der Waals surface area contributed by atoms with E-state index >= 15 is 0 Å². The zero-order valence-electron chi connectivity index (χ0n) is 11.9. The van der Waals surface area contributed by atoms with E-state index in [9.17, 15) is 0 Å². The van der Waals surface area contributed by atoms with Gasteiger partial charge in [0.15, 0.2) is 0 Å². The van der Waals surface area contributed by atoms with Gasteiger partial charge in [0.1, 0.15) is 11.7 Å². The number of nitrogens with one attached hydrogen (secondary N) is 1. The van der Waals surface area contributed by atoms with Gasteiger partial charge in [-0.15, -0.1) is 0 Å². The van der Waals surface area contributed by atoms with Gasteiger partial charge in [0.05, 0.1) is 0 Å². The van der Waals surface area contributed by atoms with Crippen molar-refractivity contribution in [1.82, 2.24) is 0 Å². The molecule has 0 aliphatic carbocycles. The number of thiazole rings is 1. The maximum Gasteiger partial charge on any atom is 0.262 e. The van der Waals surface area contributed by atoms with E-state index in [-0.39, 0.29) is 0 Å². The highest BCUT2D eigenvalue weighted by atomic mass is 32.1. The topological polar surface area (TPSA) is 15.9 Å². The second-order valence-corrected chi connectivity index (χ2v) is 5.76. The highest BCUT2D eigenvalue weighted by Crippen LogP contribution is 2.20. The number of benzene rings is 2.